The van der Waals surface area contributed by atoms with Crippen molar-refractivity contribution in [3.8, 4) is 11.5 Å². The molecular formula is C20H22N4O2S. The van der Waals surface area contributed by atoms with Crippen molar-refractivity contribution in [2.45, 2.75) is 13.5 Å². The maximum Gasteiger partial charge on any atom is 0.175 e. The summed E-state index contributed by atoms with van der Waals surface area (Å²) in [6.45, 7) is 2.81. The lowest BCUT2D eigenvalue weighted by Crippen LogP contribution is -2.18. The van der Waals surface area contributed by atoms with Crippen molar-refractivity contribution in [1.29, 1.82) is 0 Å². The van der Waals surface area contributed by atoms with Gasteiger partial charge in [0.15, 0.2) is 16.6 Å². The Bertz CT molecular complexity index is 939. The van der Waals surface area contributed by atoms with Crippen LogP contribution in [0.15, 0.2) is 54.9 Å². The summed E-state index contributed by atoms with van der Waals surface area (Å²) >= 11 is 5.39. The molecule has 0 aliphatic carbocycles. The van der Waals surface area contributed by atoms with Crippen LogP contribution in [0.5, 0.6) is 11.5 Å². The van der Waals surface area contributed by atoms with E-state index in [9.17, 15) is 0 Å². The first-order valence-corrected chi connectivity index (χ1v) is 8.87. The van der Waals surface area contributed by atoms with Crippen LogP contribution < -0.4 is 20.1 Å². The Morgan fingerprint density at radius 1 is 1.04 bits per heavy atom. The van der Waals surface area contributed by atoms with Crippen molar-refractivity contribution in [2.75, 3.05) is 24.9 Å². The molecule has 1 heterocycles. The lowest BCUT2D eigenvalue weighted by molar-refractivity contribution is 0.355. The maximum absolute atomic E-state index is 5.39. The summed E-state index contributed by atoms with van der Waals surface area (Å²) in [6.07, 6.45) is 3.68. The molecule has 3 aromatic rings. The summed E-state index contributed by atoms with van der Waals surface area (Å²) in [5.41, 5.74) is 4.10. The number of nitrogens with zero attached hydrogens (tertiary/aromatic N) is 2. The van der Waals surface area contributed by atoms with Gasteiger partial charge in [-0.3, -0.25) is 4.68 Å². The molecule has 27 heavy (non-hydrogen) atoms. The van der Waals surface area contributed by atoms with Gasteiger partial charge in [-0.2, -0.15) is 5.10 Å². The van der Waals surface area contributed by atoms with Crippen LogP contribution in [0.2, 0.25) is 0 Å². The van der Waals surface area contributed by atoms with Gasteiger partial charge >= 0.3 is 0 Å². The number of hydrogen-bond acceptors (Lipinski definition) is 4. The average Bonchev–Trinajstić information content (AvgIpc) is 3.10. The van der Waals surface area contributed by atoms with Crippen molar-refractivity contribution < 1.29 is 9.47 Å². The Morgan fingerprint density at radius 3 is 2.52 bits per heavy atom. The molecule has 1 aromatic heterocycles. The molecular weight excluding hydrogens is 360 g/mol. The molecule has 0 radical (unpaired) electrons. The van der Waals surface area contributed by atoms with Crippen LogP contribution >= 0.6 is 12.2 Å². The minimum atomic E-state index is 0.470. The van der Waals surface area contributed by atoms with Crippen LogP contribution in [0, 0.1) is 6.92 Å². The molecule has 0 saturated heterocycles. The van der Waals surface area contributed by atoms with Gasteiger partial charge in [-0.25, -0.2) is 0 Å². The second-order valence-corrected chi connectivity index (χ2v) is 6.41. The number of methoxy groups -OCH3 is 2. The normalized spacial score (nSPS) is 10.3. The number of anilines is 2. The van der Waals surface area contributed by atoms with E-state index >= 15 is 0 Å². The van der Waals surface area contributed by atoms with Crippen molar-refractivity contribution in [3.05, 3.63) is 66.0 Å². The average molecular weight is 382 g/mol. The Hall–Kier alpha value is -3.06. The highest BCUT2D eigenvalue weighted by Crippen LogP contribution is 2.29. The largest absolute Gasteiger partial charge is 0.493 e. The first kappa shape index (κ1) is 18.7. The number of benzene rings is 2. The van der Waals surface area contributed by atoms with Crippen LogP contribution in [0.3, 0.4) is 0 Å². The van der Waals surface area contributed by atoms with Gasteiger partial charge in [-0.1, -0.05) is 24.3 Å². The Labute approximate surface area is 164 Å². The van der Waals surface area contributed by atoms with Crippen LogP contribution in [0.1, 0.15) is 11.1 Å². The third-order valence-corrected chi connectivity index (χ3v) is 4.33. The van der Waals surface area contributed by atoms with Crippen molar-refractivity contribution >= 4 is 28.7 Å². The minimum absolute atomic E-state index is 0.470. The van der Waals surface area contributed by atoms with E-state index in [0.717, 1.165) is 11.4 Å². The number of rotatable bonds is 6. The van der Waals surface area contributed by atoms with E-state index in [0.29, 0.717) is 23.2 Å². The molecule has 3 rings (SSSR count). The smallest absolute Gasteiger partial charge is 0.175 e. The van der Waals surface area contributed by atoms with E-state index < -0.39 is 0 Å². The van der Waals surface area contributed by atoms with Crippen LogP contribution in [-0.2, 0) is 6.54 Å². The van der Waals surface area contributed by atoms with Crippen LogP contribution in [0.4, 0.5) is 11.4 Å². The van der Waals surface area contributed by atoms with E-state index in [1.54, 1.807) is 20.4 Å². The third kappa shape index (κ3) is 4.77. The SMILES string of the molecule is COc1ccc(NC(=S)Nc2cnn(Cc3ccccc3C)c2)cc1OC. The van der Waals surface area contributed by atoms with Crippen molar-refractivity contribution in [3.63, 3.8) is 0 Å². The molecule has 7 heteroatoms. The zero-order valence-corrected chi connectivity index (χ0v) is 16.3. The summed E-state index contributed by atoms with van der Waals surface area (Å²) in [5.74, 6) is 1.30. The fraction of sp³-hybridized carbons (Fsp3) is 0.200. The molecule has 0 unspecified atom stereocenters. The molecule has 0 spiro atoms. The van der Waals surface area contributed by atoms with Gasteiger partial charge in [0, 0.05) is 18.0 Å². The summed E-state index contributed by atoms with van der Waals surface area (Å²) in [5, 5.41) is 11.1. The molecule has 0 atom stereocenters. The molecule has 0 saturated carbocycles. The first-order chi connectivity index (χ1) is 13.1. The standard InChI is InChI=1S/C20H22N4O2S/c1-14-6-4-5-7-15(14)12-24-13-17(11-21-24)23-20(27)22-16-8-9-18(25-2)19(10-16)26-3/h4-11,13H,12H2,1-3H3,(H2,22,23,27). The lowest BCUT2D eigenvalue weighted by Gasteiger charge is -2.12. The summed E-state index contributed by atoms with van der Waals surface area (Å²) in [6, 6.07) is 13.8. The van der Waals surface area contributed by atoms with Gasteiger partial charge < -0.3 is 20.1 Å². The Kier molecular flexibility index (Phi) is 5.93. The molecule has 0 aliphatic rings. The van der Waals surface area contributed by atoms with Gasteiger partial charge in [-0.15, -0.1) is 0 Å². The zero-order valence-electron chi connectivity index (χ0n) is 15.5. The molecule has 0 amide bonds. The molecule has 2 aromatic carbocycles. The number of aryl methyl sites for hydroxylation is 1. The van der Waals surface area contributed by atoms with Crippen LogP contribution in [0.25, 0.3) is 0 Å². The number of nitrogens with one attached hydrogen (secondary N) is 2. The second-order valence-electron chi connectivity index (χ2n) is 6.00. The molecule has 6 nitrogen and oxygen atoms in total. The summed E-state index contributed by atoms with van der Waals surface area (Å²) < 4.78 is 12.4. The summed E-state index contributed by atoms with van der Waals surface area (Å²) in [4.78, 5) is 0. The van der Waals surface area contributed by atoms with Gasteiger partial charge in [0.05, 0.1) is 32.6 Å². The fourth-order valence-corrected chi connectivity index (χ4v) is 2.92. The number of thiocarbonyl (C=S) groups is 1. The highest BCUT2D eigenvalue weighted by atomic mass is 32.1. The molecule has 0 fully saturated rings. The van der Waals surface area contributed by atoms with E-state index in [4.69, 9.17) is 21.7 Å². The maximum atomic E-state index is 5.39. The van der Waals surface area contributed by atoms with Gasteiger partial charge in [-0.05, 0) is 42.4 Å². The highest BCUT2D eigenvalue weighted by molar-refractivity contribution is 7.80. The Balaban J connectivity index is 1.62. The molecule has 2 N–H and O–H groups in total. The van der Waals surface area contributed by atoms with E-state index in [-0.39, 0.29) is 0 Å². The fourth-order valence-electron chi connectivity index (χ4n) is 2.68. The first-order valence-electron chi connectivity index (χ1n) is 8.46. The van der Waals surface area contributed by atoms with E-state index in [1.807, 2.05) is 41.2 Å². The van der Waals surface area contributed by atoms with Crippen LogP contribution in [-0.4, -0.2) is 29.1 Å². The molecule has 0 aliphatic heterocycles. The lowest BCUT2D eigenvalue weighted by atomic mass is 10.1. The molecule has 140 valence electrons. The van der Waals surface area contributed by atoms with E-state index in [2.05, 4.69) is 34.8 Å². The second kappa shape index (κ2) is 8.55. The quantitative estimate of drug-likeness (QED) is 0.627. The highest BCUT2D eigenvalue weighted by Gasteiger charge is 2.07. The zero-order chi connectivity index (χ0) is 19.2. The van der Waals surface area contributed by atoms with Gasteiger partial charge in [0.1, 0.15) is 0 Å². The monoisotopic (exact) mass is 382 g/mol. The predicted octanol–water partition coefficient (Wildman–Crippen LogP) is 4.07. The van der Waals surface area contributed by atoms with E-state index in [1.165, 1.54) is 11.1 Å². The third-order valence-electron chi connectivity index (χ3n) is 4.13. The Morgan fingerprint density at radius 2 is 1.78 bits per heavy atom. The number of ether oxygens (including phenoxy) is 2. The number of aromatic nitrogens is 2. The summed E-state index contributed by atoms with van der Waals surface area (Å²) in [7, 11) is 3.20. The van der Waals surface area contributed by atoms with Crippen molar-refractivity contribution in [2.24, 2.45) is 0 Å². The predicted molar refractivity (Wildman–Crippen MR) is 112 cm³/mol. The van der Waals surface area contributed by atoms with Crippen molar-refractivity contribution in [1.82, 2.24) is 9.78 Å². The van der Waals surface area contributed by atoms with Gasteiger partial charge in [0.25, 0.3) is 0 Å². The number of hydrogen-bond donors (Lipinski definition) is 2. The topological polar surface area (TPSA) is 60.3 Å². The van der Waals surface area contributed by atoms with Gasteiger partial charge in [0.2, 0.25) is 0 Å². The molecule has 0 bridgehead atoms. The minimum Gasteiger partial charge on any atom is -0.493 e.